The first-order chi connectivity index (χ1) is 12.1. The number of nitrogens with one attached hydrogen (secondary N) is 1. The van der Waals surface area contributed by atoms with Crippen LogP contribution >= 0.6 is 11.6 Å². The first kappa shape index (κ1) is 17.8. The van der Waals surface area contributed by atoms with Crippen molar-refractivity contribution in [1.82, 2.24) is 5.32 Å². The SMILES string of the molecule is CCC[C@@H]1N=C(c2ccc(Cl)cc2)C[C@H](c2cccc(OC)c2O)N1. The van der Waals surface area contributed by atoms with E-state index in [0.29, 0.717) is 17.2 Å². The van der Waals surface area contributed by atoms with Crippen LogP contribution in [0.15, 0.2) is 47.5 Å². The summed E-state index contributed by atoms with van der Waals surface area (Å²) in [5.74, 6) is 0.678. The lowest BCUT2D eigenvalue weighted by Crippen LogP contribution is -2.38. The number of ether oxygens (including phenoxy) is 1. The van der Waals surface area contributed by atoms with Gasteiger partial charge in [0.2, 0.25) is 0 Å². The highest BCUT2D eigenvalue weighted by molar-refractivity contribution is 6.30. The minimum absolute atomic E-state index is 0.0187. The van der Waals surface area contributed by atoms with Crippen LogP contribution in [0.25, 0.3) is 0 Å². The molecular formula is C20H23ClN2O2. The van der Waals surface area contributed by atoms with Crippen LogP contribution in [0.1, 0.15) is 43.4 Å². The Morgan fingerprint density at radius 2 is 2.00 bits per heavy atom. The second-order valence-corrected chi connectivity index (χ2v) is 6.65. The van der Waals surface area contributed by atoms with E-state index in [1.54, 1.807) is 13.2 Å². The number of aromatic hydroxyl groups is 1. The average Bonchev–Trinajstić information content (AvgIpc) is 2.62. The van der Waals surface area contributed by atoms with E-state index in [2.05, 4.69) is 12.2 Å². The number of phenolic OH excluding ortho intramolecular Hbond substituents is 1. The van der Waals surface area contributed by atoms with Crippen LogP contribution in [0, 0.1) is 0 Å². The summed E-state index contributed by atoms with van der Waals surface area (Å²) in [6, 6.07) is 13.3. The summed E-state index contributed by atoms with van der Waals surface area (Å²) in [5, 5.41) is 14.8. The molecule has 0 unspecified atom stereocenters. The molecule has 3 rings (SSSR count). The van der Waals surface area contributed by atoms with E-state index in [1.165, 1.54) is 0 Å². The van der Waals surface area contributed by atoms with Crippen molar-refractivity contribution in [1.29, 1.82) is 0 Å². The lowest BCUT2D eigenvalue weighted by atomic mass is 9.94. The highest BCUT2D eigenvalue weighted by Crippen LogP contribution is 2.37. The number of methoxy groups -OCH3 is 1. The van der Waals surface area contributed by atoms with E-state index >= 15 is 0 Å². The summed E-state index contributed by atoms with van der Waals surface area (Å²) in [6.07, 6.45) is 2.70. The predicted octanol–water partition coefficient (Wildman–Crippen LogP) is 4.70. The summed E-state index contributed by atoms with van der Waals surface area (Å²) >= 11 is 6.01. The number of rotatable bonds is 5. The van der Waals surface area contributed by atoms with Crippen molar-refractivity contribution in [2.75, 3.05) is 7.11 Å². The number of aliphatic imine (C=N–C) groups is 1. The number of phenols is 1. The zero-order chi connectivity index (χ0) is 17.8. The van der Waals surface area contributed by atoms with Gasteiger partial charge in [0, 0.05) is 28.8 Å². The topological polar surface area (TPSA) is 53.9 Å². The van der Waals surface area contributed by atoms with Gasteiger partial charge in [-0.05, 0) is 30.2 Å². The van der Waals surface area contributed by atoms with Crippen LogP contribution in [0.5, 0.6) is 11.5 Å². The summed E-state index contributed by atoms with van der Waals surface area (Å²) in [7, 11) is 1.56. The van der Waals surface area contributed by atoms with Gasteiger partial charge in [-0.15, -0.1) is 0 Å². The molecule has 0 spiro atoms. The molecule has 4 nitrogen and oxygen atoms in total. The van der Waals surface area contributed by atoms with Crippen molar-refractivity contribution in [2.45, 2.75) is 38.4 Å². The van der Waals surface area contributed by atoms with Crippen molar-refractivity contribution >= 4 is 17.3 Å². The van der Waals surface area contributed by atoms with Gasteiger partial charge < -0.3 is 9.84 Å². The molecule has 0 aromatic heterocycles. The molecule has 1 heterocycles. The Kier molecular flexibility index (Phi) is 5.61. The largest absolute Gasteiger partial charge is 0.504 e. The number of hydrogen-bond acceptors (Lipinski definition) is 4. The second kappa shape index (κ2) is 7.89. The summed E-state index contributed by atoms with van der Waals surface area (Å²) in [5.41, 5.74) is 2.93. The smallest absolute Gasteiger partial charge is 0.162 e. The number of benzene rings is 2. The Bertz CT molecular complexity index is 759. The maximum atomic E-state index is 10.5. The predicted molar refractivity (Wildman–Crippen MR) is 102 cm³/mol. The van der Waals surface area contributed by atoms with Gasteiger partial charge in [-0.2, -0.15) is 0 Å². The molecular weight excluding hydrogens is 336 g/mol. The molecule has 0 radical (unpaired) electrons. The third kappa shape index (κ3) is 3.97. The summed E-state index contributed by atoms with van der Waals surface area (Å²) in [4.78, 5) is 4.87. The Labute approximate surface area is 153 Å². The fourth-order valence-corrected chi connectivity index (χ4v) is 3.33. The highest BCUT2D eigenvalue weighted by atomic mass is 35.5. The molecule has 0 fully saturated rings. The second-order valence-electron chi connectivity index (χ2n) is 6.21. The molecule has 1 aliphatic rings. The number of para-hydroxylation sites is 1. The maximum Gasteiger partial charge on any atom is 0.162 e. The molecule has 132 valence electrons. The molecule has 0 saturated carbocycles. The first-order valence-electron chi connectivity index (χ1n) is 8.57. The zero-order valence-corrected chi connectivity index (χ0v) is 15.3. The molecule has 1 aliphatic heterocycles. The zero-order valence-electron chi connectivity index (χ0n) is 14.5. The average molecular weight is 359 g/mol. The number of halogens is 1. The lowest BCUT2D eigenvalue weighted by Gasteiger charge is -2.30. The van der Waals surface area contributed by atoms with Crippen molar-refractivity contribution < 1.29 is 9.84 Å². The molecule has 5 heteroatoms. The van der Waals surface area contributed by atoms with Crippen LogP contribution in [-0.4, -0.2) is 24.1 Å². The number of hydrogen-bond donors (Lipinski definition) is 2. The third-order valence-electron chi connectivity index (χ3n) is 4.47. The molecule has 25 heavy (non-hydrogen) atoms. The minimum Gasteiger partial charge on any atom is -0.504 e. The van der Waals surface area contributed by atoms with E-state index in [1.807, 2.05) is 36.4 Å². The fraction of sp³-hybridized carbons (Fsp3) is 0.350. The van der Waals surface area contributed by atoms with Gasteiger partial charge in [0.15, 0.2) is 11.5 Å². The van der Waals surface area contributed by atoms with E-state index in [0.717, 1.165) is 29.7 Å². The lowest BCUT2D eigenvalue weighted by molar-refractivity contribution is 0.356. The van der Waals surface area contributed by atoms with Gasteiger partial charge in [0.05, 0.1) is 7.11 Å². The number of nitrogens with zero attached hydrogens (tertiary/aromatic N) is 1. The van der Waals surface area contributed by atoms with Gasteiger partial charge in [0.25, 0.3) is 0 Å². The quantitative estimate of drug-likeness (QED) is 0.814. The Morgan fingerprint density at radius 1 is 1.24 bits per heavy atom. The normalized spacial score (nSPS) is 20.2. The summed E-state index contributed by atoms with van der Waals surface area (Å²) in [6.45, 7) is 2.14. The third-order valence-corrected chi connectivity index (χ3v) is 4.72. The molecule has 0 saturated heterocycles. The molecule has 0 amide bonds. The molecule has 0 aliphatic carbocycles. The van der Waals surface area contributed by atoms with Gasteiger partial charge in [-0.1, -0.05) is 49.2 Å². The van der Waals surface area contributed by atoms with Gasteiger partial charge in [0.1, 0.15) is 6.17 Å². The van der Waals surface area contributed by atoms with Crippen molar-refractivity contribution in [3.05, 3.63) is 58.6 Å². The van der Waals surface area contributed by atoms with Crippen LogP contribution in [0.2, 0.25) is 5.02 Å². The fourth-order valence-electron chi connectivity index (χ4n) is 3.20. The van der Waals surface area contributed by atoms with Crippen LogP contribution in [0.3, 0.4) is 0 Å². The van der Waals surface area contributed by atoms with E-state index in [4.69, 9.17) is 21.3 Å². The summed E-state index contributed by atoms with van der Waals surface area (Å²) < 4.78 is 5.25. The minimum atomic E-state index is -0.0187. The maximum absolute atomic E-state index is 10.5. The Balaban J connectivity index is 1.94. The molecule has 0 bridgehead atoms. The van der Waals surface area contributed by atoms with E-state index in [9.17, 15) is 5.11 Å². The molecule has 2 N–H and O–H groups in total. The van der Waals surface area contributed by atoms with Gasteiger partial charge in [-0.25, -0.2) is 0 Å². The van der Waals surface area contributed by atoms with Crippen LogP contribution in [0.4, 0.5) is 0 Å². The van der Waals surface area contributed by atoms with Crippen molar-refractivity contribution in [3.8, 4) is 11.5 Å². The van der Waals surface area contributed by atoms with Crippen LogP contribution in [-0.2, 0) is 0 Å². The van der Waals surface area contributed by atoms with Crippen LogP contribution < -0.4 is 10.1 Å². The van der Waals surface area contributed by atoms with Gasteiger partial charge >= 0.3 is 0 Å². The highest BCUT2D eigenvalue weighted by Gasteiger charge is 2.27. The van der Waals surface area contributed by atoms with E-state index < -0.39 is 0 Å². The first-order valence-corrected chi connectivity index (χ1v) is 8.94. The Morgan fingerprint density at radius 3 is 2.68 bits per heavy atom. The molecule has 2 atom stereocenters. The van der Waals surface area contributed by atoms with Crippen molar-refractivity contribution in [2.24, 2.45) is 4.99 Å². The monoisotopic (exact) mass is 358 g/mol. The molecule has 2 aromatic rings. The standard InChI is InChI=1S/C20H23ClN2O2/c1-3-5-19-22-16(13-8-10-14(21)11-9-13)12-17(23-19)15-6-4-7-18(25-2)20(15)24/h4,6-11,17,19,23-24H,3,5,12H2,1-2H3/t17-,19-/m1/s1. The van der Waals surface area contributed by atoms with E-state index in [-0.39, 0.29) is 18.0 Å². The van der Waals surface area contributed by atoms with Crippen molar-refractivity contribution in [3.63, 3.8) is 0 Å². The molecule has 2 aromatic carbocycles. The Hall–Kier alpha value is -2.04. The van der Waals surface area contributed by atoms with Gasteiger partial charge in [-0.3, -0.25) is 10.3 Å².